The number of carbonyl (C=O) groups is 3. The average molecular weight is 485 g/mol. The van der Waals surface area contributed by atoms with Gasteiger partial charge in [-0.2, -0.15) is 0 Å². The van der Waals surface area contributed by atoms with Crippen molar-refractivity contribution in [2.24, 2.45) is 11.8 Å². The Morgan fingerprint density at radius 1 is 0.886 bits per heavy atom. The molecule has 0 spiro atoms. The number of benzene rings is 3. The second kappa shape index (κ2) is 8.10. The lowest BCUT2D eigenvalue weighted by Crippen LogP contribution is -2.44. The summed E-state index contributed by atoms with van der Waals surface area (Å²) in [6.07, 6.45) is 3.79. The number of fused-ring (bicyclic) bond motifs is 5. The highest BCUT2D eigenvalue weighted by molar-refractivity contribution is 6.30. The topological polar surface area (TPSA) is 66.9 Å². The number of methoxy groups -OCH3 is 1. The molecular weight excluding hydrogens is 464 g/mol. The average Bonchev–Trinajstić information content (AvgIpc) is 3.36. The number of carbonyl (C=O) groups excluding carboxylic acids is 3. The van der Waals surface area contributed by atoms with Crippen LogP contribution in [0.25, 0.3) is 6.08 Å². The van der Waals surface area contributed by atoms with Gasteiger partial charge in [-0.15, -0.1) is 0 Å². The van der Waals surface area contributed by atoms with Crippen LogP contribution in [0, 0.1) is 11.8 Å². The van der Waals surface area contributed by atoms with Gasteiger partial charge >= 0.3 is 0 Å². The van der Waals surface area contributed by atoms with Crippen molar-refractivity contribution in [3.8, 4) is 5.75 Å². The molecule has 3 heterocycles. The molecule has 0 saturated carbocycles. The summed E-state index contributed by atoms with van der Waals surface area (Å²) in [7, 11) is 1.56. The number of hydrogen-bond acceptors (Lipinski definition) is 5. The second-order valence-corrected chi connectivity index (χ2v) is 9.35. The fourth-order valence-corrected chi connectivity index (χ4v) is 5.75. The number of anilines is 1. The van der Waals surface area contributed by atoms with E-state index in [4.69, 9.17) is 16.3 Å². The van der Waals surface area contributed by atoms with Crippen molar-refractivity contribution in [3.63, 3.8) is 0 Å². The summed E-state index contributed by atoms with van der Waals surface area (Å²) in [5.41, 5.74) is 2.85. The third kappa shape index (κ3) is 3.21. The van der Waals surface area contributed by atoms with Gasteiger partial charge in [-0.3, -0.25) is 14.4 Å². The molecule has 4 atom stereocenters. The molecule has 3 aliphatic rings. The monoisotopic (exact) mass is 484 g/mol. The minimum absolute atomic E-state index is 0.207. The van der Waals surface area contributed by atoms with E-state index in [1.54, 1.807) is 55.6 Å². The molecule has 0 aromatic heterocycles. The third-order valence-electron chi connectivity index (χ3n) is 7.19. The molecule has 3 aliphatic heterocycles. The first-order valence-corrected chi connectivity index (χ1v) is 11.7. The molecule has 0 N–H and O–H groups in total. The smallest absolute Gasteiger partial charge is 0.240 e. The van der Waals surface area contributed by atoms with Crippen LogP contribution in [0.4, 0.5) is 5.69 Å². The molecule has 0 bridgehead atoms. The van der Waals surface area contributed by atoms with E-state index < -0.39 is 23.9 Å². The van der Waals surface area contributed by atoms with Crippen molar-refractivity contribution in [3.05, 3.63) is 101 Å². The molecule has 6 rings (SSSR count). The fourth-order valence-electron chi connectivity index (χ4n) is 5.63. The summed E-state index contributed by atoms with van der Waals surface area (Å²) >= 11 is 6.04. The highest BCUT2D eigenvalue weighted by atomic mass is 35.5. The van der Waals surface area contributed by atoms with E-state index in [1.807, 2.05) is 41.4 Å². The van der Waals surface area contributed by atoms with Crippen molar-refractivity contribution in [1.82, 2.24) is 4.90 Å². The molecule has 3 aromatic rings. The highest BCUT2D eigenvalue weighted by Gasteiger charge is 2.64. The first kappa shape index (κ1) is 21.6. The normalized spacial score (nSPS) is 24.3. The van der Waals surface area contributed by atoms with Crippen LogP contribution < -0.4 is 9.64 Å². The SMILES string of the molecule is COc1ccc(N2C(=O)[C@@H]3[C@H](C2=O)[C@@H]2c4ccccc4C=CN2[C@@H]3C(=O)c2ccc(Cl)cc2)cc1. The van der Waals surface area contributed by atoms with E-state index in [9.17, 15) is 14.4 Å². The van der Waals surface area contributed by atoms with E-state index in [1.165, 1.54) is 4.90 Å². The maximum Gasteiger partial charge on any atom is 0.240 e. The number of hydrogen-bond donors (Lipinski definition) is 0. The maximum atomic E-state index is 13.9. The van der Waals surface area contributed by atoms with Crippen LogP contribution >= 0.6 is 11.6 Å². The molecule has 2 amide bonds. The summed E-state index contributed by atoms with van der Waals surface area (Å²) in [4.78, 5) is 44.7. The minimum Gasteiger partial charge on any atom is -0.497 e. The Kier molecular flexibility index (Phi) is 5.00. The lowest BCUT2D eigenvalue weighted by molar-refractivity contribution is -0.123. The Hall–Kier alpha value is -3.90. The van der Waals surface area contributed by atoms with Gasteiger partial charge in [0.05, 0.1) is 30.7 Å². The van der Waals surface area contributed by atoms with Crippen molar-refractivity contribution in [2.45, 2.75) is 12.1 Å². The molecule has 7 heteroatoms. The van der Waals surface area contributed by atoms with Gasteiger partial charge in [0, 0.05) is 16.8 Å². The van der Waals surface area contributed by atoms with Crippen molar-refractivity contribution in [2.75, 3.05) is 12.0 Å². The lowest BCUT2D eigenvalue weighted by Gasteiger charge is -2.35. The summed E-state index contributed by atoms with van der Waals surface area (Å²) in [5.74, 6) is -1.73. The molecule has 3 aromatic carbocycles. The third-order valence-corrected chi connectivity index (χ3v) is 7.44. The Labute approximate surface area is 207 Å². The van der Waals surface area contributed by atoms with Gasteiger partial charge < -0.3 is 9.64 Å². The van der Waals surface area contributed by atoms with Crippen LogP contribution in [0.3, 0.4) is 0 Å². The van der Waals surface area contributed by atoms with Crippen molar-refractivity contribution in [1.29, 1.82) is 0 Å². The first-order valence-electron chi connectivity index (χ1n) is 11.4. The lowest BCUT2D eigenvalue weighted by atomic mass is 9.83. The van der Waals surface area contributed by atoms with Crippen LogP contribution in [-0.2, 0) is 9.59 Å². The zero-order valence-corrected chi connectivity index (χ0v) is 19.6. The van der Waals surface area contributed by atoms with Crippen LogP contribution in [0.5, 0.6) is 5.75 Å². The van der Waals surface area contributed by atoms with Crippen LogP contribution in [-0.4, -0.2) is 35.6 Å². The Bertz CT molecular complexity index is 1380. The van der Waals surface area contributed by atoms with Crippen molar-refractivity contribution >= 4 is 41.0 Å². The zero-order valence-electron chi connectivity index (χ0n) is 18.8. The van der Waals surface area contributed by atoms with Gasteiger partial charge in [-0.05, 0) is 65.7 Å². The number of ether oxygens (including phenoxy) is 1. The highest BCUT2D eigenvalue weighted by Crippen LogP contribution is 2.53. The molecule has 174 valence electrons. The molecule has 6 nitrogen and oxygen atoms in total. The van der Waals surface area contributed by atoms with Gasteiger partial charge in [0.15, 0.2) is 5.78 Å². The first-order chi connectivity index (χ1) is 17.0. The largest absolute Gasteiger partial charge is 0.497 e. The molecular formula is C28H21ClN2O4. The minimum atomic E-state index is -0.811. The number of ketones is 1. The molecule has 0 unspecified atom stereocenters. The second-order valence-electron chi connectivity index (χ2n) is 8.91. The molecule has 2 saturated heterocycles. The van der Waals surface area contributed by atoms with Gasteiger partial charge in [-0.1, -0.05) is 35.9 Å². The van der Waals surface area contributed by atoms with E-state index in [0.717, 1.165) is 11.1 Å². The van der Waals surface area contributed by atoms with Crippen molar-refractivity contribution < 1.29 is 19.1 Å². The van der Waals surface area contributed by atoms with E-state index in [2.05, 4.69) is 0 Å². The number of Topliss-reactive ketones (excluding diaryl/α,β-unsaturated/α-hetero) is 1. The number of nitrogens with zero attached hydrogens (tertiary/aromatic N) is 2. The number of halogens is 1. The van der Waals surface area contributed by atoms with E-state index >= 15 is 0 Å². The Morgan fingerprint density at radius 2 is 1.57 bits per heavy atom. The van der Waals surface area contributed by atoms with Crippen LogP contribution in [0.2, 0.25) is 5.02 Å². The Morgan fingerprint density at radius 3 is 2.29 bits per heavy atom. The molecule has 2 fully saturated rings. The van der Waals surface area contributed by atoms with Crippen LogP contribution in [0.15, 0.2) is 79.0 Å². The van der Waals surface area contributed by atoms with Gasteiger partial charge in [0.25, 0.3) is 0 Å². The predicted molar refractivity (Wildman–Crippen MR) is 132 cm³/mol. The maximum absolute atomic E-state index is 13.9. The standard InChI is InChI=1S/C28H21ClN2O4/c1-35-20-12-10-19(11-13-20)31-27(33)22-23(28(31)34)25(26(32)17-6-8-18(29)9-7-17)30-15-14-16-4-2-3-5-21(16)24(22)30/h2-15,22-25H,1H3/t22-,23+,24-,25-/m0/s1. The number of amides is 2. The van der Waals surface area contributed by atoms with E-state index in [-0.39, 0.29) is 17.6 Å². The van der Waals surface area contributed by atoms with E-state index in [0.29, 0.717) is 22.0 Å². The summed E-state index contributed by atoms with van der Waals surface area (Å²) in [5, 5.41) is 0.522. The molecule has 35 heavy (non-hydrogen) atoms. The fraction of sp³-hybridized carbons (Fsp3) is 0.179. The predicted octanol–water partition coefficient (Wildman–Crippen LogP) is 4.75. The van der Waals surface area contributed by atoms with Crippen LogP contribution in [0.1, 0.15) is 27.5 Å². The molecule has 0 aliphatic carbocycles. The zero-order chi connectivity index (χ0) is 24.3. The van der Waals surface area contributed by atoms with Gasteiger partial charge in [0.2, 0.25) is 11.8 Å². The summed E-state index contributed by atoms with van der Waals surface area (Å²) < 4.78 is 5.22. The van der Waals surface area contributed by atoms with Gasteiger partial charge in [0.1, 0.15) is 11.8 Å². The van der Waals surface area contributed by atoms with Gasteiger partial charge in [-0.25, -0.2) is 4.90 Å². The summed E-state index contributed by atoms with van der Waals surface area (Å²) in [6, 6.07) is 20.0. The quantitative estimate of drug-likeness (QED) is 0.395. The number of rotatable bonds is 4. The summed E-state index contributed by atoms with van der Waals surface area (Å²) in [6.45, 7) is 0. The Balaban J connectivity index is 1.47. The molecule has 0 radical (unpaired) electrons. The number of imide groups is 1.